The molecule has 2 N–H and O–H groups in total. The van der Waals surface area contributed by atoms with E-state index in [1.807, 2.05) is 23.5 Å². The molecule has 0 saturated heterocycles. The van der Waals surface area contributed by atoms with Gasteiger partial charge in [-0.15, -0.1) is 0 Å². The van der Waals surface area contributed by atoms with Crippen LogP contribution in [0, 0.1) is 0 Å². The van der Waals surface area contributed by atoms with Crippen molar-refractivity contribution in [3.8, 4) is 0 Å². The predicted octanol–water partition coefficient (Wildman–Crippen LogP) is 2.88. The number of aliphatic imine (C=N–C) groups is 1. The molecule has 1 aliphatic carbocycles. The molecule has 1 aromatic heterocycles. The molecule has 2 unspecified atom stereocenters. The molecule has 1 aliphatic rings. The average molecular weight is 352 g/mol. The summed E-state index contributed by atoms with van der Waals surface area (Å²) in [6.45, 7) is 8.07. The number of hydrogen-bond acceptors (Lipinski definition) is 3. The van der Waals surface area contributed by atoms with Crippen LogP contribution in [0.4, 0.5) is 0 Å². The molecule has 0 bridgehead atoms. The minimum atomic E-state index is 0.547. The van der Waals surface area contributed by atoms with Gasteiger partial charge in [0, 0.05) is 36.1 Å². The first kappa shape index (κ1) is 19.2. The fourth-order valence-electron chi connectivity index (χ4n) is 3.53. The van der Waals surface area contributed by atoms with E-state index in [2.05, 4.69) is 42.8 Å². The highest BCUT2D eigenvalue weighted by Crippen LogP contribution is 2.28. The van der Waals surface area contributed by atoms with Crippen molar-refractivity contribution in [2.45, 2.75) is 70.7 Å². The van der Waals surface area contributed by atoms with Gasteiger partial charge in [-0.3, -0.25) is 4.68 Å². The van der Waals surface area contributed by atoms with Crippen LogP contribution in [0.1, 0.15) is 57.0 Å². The van der Waals surface area contributed by atoms with E-state index < -0.39 is 0 Å². The highest BCUT2D eigenvalue weighted by Gasteiger charge is 2.24. The topological polar surface area (TPSA) is 54.2 Å². The third kappa shape index (κ3) is 4.68. The maximum atomic E-state index is 4.86. The van der Waals surface area contributed by atoms with E-state index in [0.29, 0.717) is 12.6 Å². The largest absolute Gasteiger partial charge is 0.357 e. The Hall–Kier alpha value is -1.17. The quantitative estimate of drug-likeness (QED) is 0.586. The molecule has 1 saturated carbocycles. The van der Waals surface area contributed by atoms with E-state index in [1.54, 1.807) is 0 Å². The van der Waals surface area contributed by atoms with Gasteiger partial charge in [0.25, 0.3) is 0 Å². The van der Waals surface area contributed by atoms with Gasteiger partial charge in [0.1, 0.15) is 0 Å². The lowest BCUT2D eigenvalue weighted by Gasteiger charge is -2.17. The van der Waals surface area contributed by atoms with Crippen LogP contribution in [-0.2, 0) is 26.4 Å². The van der Waals surface area contributed by atoms with Crippen LogP contribution >= 0.6 is 11.8 Å². The molecule has 2 rings (SSSR count). The van der Waals surface area contributed by atoms with Crippen LogP contribution in [0.3, 0.4) is 0 Å². The van der Waals surface area contributed by atoms with E-state index in [-0.39, 0.29) is 0 Å². The van der Waals surface area contributed by atoms with Crippen molar-refractivity contribution in [3.05, 3.63) is 17.0 Å². The third-order valence-electron chi connectivity index (χ3n) is 4.83. The Morgan fingerprint density at radius 1 is 1.29 bits per heavy atom. The van der Waals surface area contributed by atoms with Gasteiger partial charge in [-0.05, 0) is 45.3 Å². The first-order valence-electron chi connectivity index (χ1n) is 9.24. The summed E-state index contributed by atoms with van der Waals surface area (Å²) in [4.78, 5) is 4.86. The normalized spacial score (nSPS) is 21.3. The highest BCUT2D eigenvalue weighted by molar-refractivity contribution is 7.99. The van der Waals surface area contributed by atoms with Gasteiger partial charge >= 0.3 is 0 Å². The van der Waals surface area contributed by atoms with Crippen LogP contribution < -0.4 is 10.6 Å². The summed E-state index contributed by atoms with van der Waals surface area (Å²) >= 11 is 1.99. The molecular formula is C18H33N5S. The first-order chi connectivity index (χ1) is 11.6. The minimum absolute atomic E-state index is 0.547. The summed E-state index contributed by atoms with van der Waals surface area (Å²) in [6.07, 6.45) is 7.95. The monoisotopic (exact) mass is 351 g/mol. The van der Waals surface area contributed by atoms with Gasteiger partial charge in [-0.1, -0.05) is 13.8 Å². The third-order valence-corrected chi connectivity index (χ3v) is 5.92. The van der Waals surface area contributed by atoms with Crippen LogP contribution in [0.25, 0.3) is 0 Å². The molecule has 1 aromatic rings. The molecule has 0 aliphatic heterocycles. The molecule has 1 fully saturated rings. The Balaban J connectivity index is 2.08. The SMILES string of the molecule is CCNC(=NCc1c(CC)nn(C)c1CC)NC1CCC(SC)C1. The van der Waals surface area contributed by atoms with Crippen molar-refractivity contribution < 1.29 is 0 Å². The van der Waals surface area contributed by atoms with E-state index in [9.17, 15) is 0 Å². The number of hydrogen-bond donors (Lipinski definition) is 2. The van der Waals surface area contributed by atoms with Gasteiger partial charge in [-0.25, -0.2) is 4.99 Å². The highest BCUT2D eigenvalue weighted by atomic mass is 32.2. The van der Waals surface area contributed by atoms with Crippen LogP contribution in [-0.4, -0.2) is 39.8 Å². The van der Waals surface area contributed by atoms with Gasteiger partial charge < -0.3 is 10.6 Å². The van der Waals surface area contributed by atoms with Crippen LogP contribution in [0.5, 0.6) is 0 Å². The molecule has 6 heteroatoms. The van der Waals surface area contributed by atoms with Crippen molar-refractivity contribution >= 4 is 17.7 Å². The van der Waals surface area contributed by atoms with Crippen molar-refractivity contribution in [3.63, 3.8) is 0 Å². The van der Waals surface area contributed by atoms with Crippen molar-refractivity contribution in [1.29, 1.82) is 0 Å². The van der Waals surface area contributed by atoms with Crippen molar-refractivity contribution in [1.82, 2.24) is 20.4 Å². The van der Waals surface area contributed by atoms with Gasteiger partial charge in [0.2, 0.25) is 0 Å². The summed E-state index contributed by atoms with van der Waals surface area (Å²) in [5.41, 5.74) is 3.78. The summed E-state index contributed by atoms with van der Waals surface area (Å²) in [6, 6.07) is 0.547. The lowest BCUT2D eigenvalue weighted by atomic mass is 10.1. The molecule has 24 heavy (non-hydrogen) atoms. The predicted molar refractivity (Wildman–Crippen MR) is 105 cm³/mol. The van der Waals surface area contributed by atoms with Gasteiger partial charge in [-0.2, -0.15) is 16.9 Å². The lowest BCUT2D eigenvalue weighted by molar-refractivity contribution is 0.615. The smallest absolute Gasteiger partial charge is 0.191 e. The van der Waals surface area contributed by atoms with Crippen LogP contribution in [0.2, 0.25) is 0 Å². The average Bonchev–Trinajstić information content (AvgIpc) is 3.16. The standard InChI is InChI=1S/C18H33N5S/c1-6-16-15(17(7-2)23(4)22-16)12-20-18(19-8-3)21-13-9-10-14(11-13)24-5/h13-14H,6-12H2,1-5H3,(H2,19,20,21). The summed E-state index contributed by atoms with van der Waals surface area (Å²) < 4.78 is 2.02. The summed E-state index contributed by atoms with van der Waals surface area (Å²) in [5.74, 6) is 0.942. The Morgan fingerprint density at radius 3 is 2.67 bits per heavy atom. The number of aryl methyl sites for hydroxylation is 2. The second-order valence-electron chi connectivity index (χ2n) is 6.41. The van der Waals surface area contributed by atoms with Crippen molar-refractivity contribution in [2.75, 3.05) is 12.8 Å². The Kier molecular flexibility index (Phi) is 7.46. The molecule has 5 nitrogen and oxygen atoms in total. The van der Waals surface area contributed by atoms with Gasteiger partial charge in [0.15, 0.2) is 5.96 Å². The molecule has 0 radical (unpaired) electrons. The molecule has 2 atom stereocenters. The molecule has 136 valence electrons. The second kappa shape index (κ2) is 9.35. The van der Waals surface area contributed by atoms with Crippen molar-refractivity contribution in [2.24, 2.45) is 12.0 Å². The number of guanidine groups is 1. The Morgan fingerprint density at radius 2 is 2.08 bits per heavy atom. The summed E-state index contributed by atoms with van der Waals surface area (Å²) in [5, 5.41) is 12.5. The Bertz CT molecular complexity index is 552. The zero-order valence-corrected chi connectivity index (χ0v) is 16.7. The minimum Gasteiger partial charge on any atom is -0.357 e. The maximum Gasteiger partial charge on any atom is 0.191 e. The maximum absolute atomic E-state index is 4.86. The van der Waals surface area contributed by atoms with E-state index >= 15 is 0 Å². The molecular weight excluding hydrogens is 318 g/mol. The summed E-state index contributed by atoms with van der Waals surface area (Å²) in [7, 11) is 2.04. The van der Waals surface area contributed by atoms with Crippen LogP contribution in [0.15, 0.2) is 4.99 Å². The number of nitrogens with one attached hydrogen (secondary N) is 2. The molecule has 0 amide bonds. The number of aromatic nitrogens is 2. The molecule has 0 spiro atoms. The number of nitrogens with zero attached hydrogens (tertiary/aromatic N) is 3. The van der Waals surface area contributed by atoms with E-state index in [4.69, 9.17) is 4.99 Å². The second-order valence-corrected chi connectivity index (χ2v) is 7.55. The zero-order valence-electron chi connectivity index (χ0n) is 15.9. The van der Waals surface area contributed by atoms with E-state index in [0.717, 1.165) is 30.6 Å². The lowest BCUT2D eigenvalue weighted by Crippen LogP contribution is -2.42. The first-order valence-corrected chi connectivity index (χ1v) is 10.5. The molecule has 1 heterocycles. The fraction of sp³-hybridized carbons (Fsp3) is 0.778. The van der Waals surface area contributed by atoms with Gasteiger partial charge in [0.05, 0.1) is 12.2 Å². The number of thioether (sulfide) groups is 1. The molecule has 0 aromatic carbocycles. The number of rotatable bonds is 7. The van der Waals surface area contributed by atoms with E-state index in [1.165, 1.54) is 36.2 Å². The zero-order chi connectivity index (χ0) is 17.5. The Labute approximate surface area is 151 Å². The fourth-order valence-corrected chi connectivity index (χ4v) is 4.33.